The number of amides is 2. The van der Waals surface area contributed by atoms with Gasteiger partial charge in [0.05, 0.1) is 17.4 Å². The van der Waals surface area contributed by atoms with E-state index in [1.165, 1.54) is 18.2 Å². The van der Waals surface area contributed by atoms with Crippen LogP contribution in [0.25, 0.3) is 0 Å². The average Bonchev–Trinajstić information content (AvgIpc) is 3.35. The fourth-order valence-corrected chi connectivity index (χ4v) is 5.66. The number of benzene rings is 2. The number of halogens is 3. The Hall–Kier alpha value is -3.34. The van der Waals surface area contributed by atoms with Gasteiger partial charge in [0.25, 0.3) is 0 Å². The maximum absolute atomic E-state index is 13.2. The number of carbonyl (C=O) groups is 2. The van der Waals surface area contributed by atoms with Gasteiger partial charge < -0.3 is 14.5 Å². The van der Waals surface area contributed by atoms with Crippen molar-refractivity contribution in [3.05, 3.63) is 71.8 Å². The van der Waals surface area contributed by atoms with Crippen molar-refractivity contribution in [3.63, 3.8) is 0 Å². The standard InChI is InChI=1S/C27H29F3N2O5S/c1-3-24(33)31-13-10-19(17-31)26-23-16-22(37-21-8-5-20(6-9-21)27(28,29)30)7-4-18(23)11-14-32(26)25(34)12-15-38(2,35)36/h3-9,16,19,26H,1,10-15,17H2,2H3/t19-,26+/m1/s1. The first-order valence-corrected chi connectivity index (χ1v) is 14.3. The van der Waals surface area contributed by atoms with Gasteiger partial charge in [-0.15, -0.1) is 0 Å². The minimum absolute atomic E-state index is 0.0959. The summed E-state index contributed by atoms with van der Waals surface area (Å²) in [5.74, 6) is -0.205. The third-order valence-corrected chi connectivity index (χ3v) is 7.92. The lowest BCUT2D eigenvalue weighted by molar-refractivity contribution is -0.137. The zero-order chi connectivity index (χ0) is 27.7. The maximum atomic E-state index is 13.2. The summed E-state index contributed by atoms with van der Waals surface area (Å²) in [5.41, 5.74) is 1.04. The summed E-state index contributed by atoms with van der Waals surface area (Å²) >= 11 is 0. The zero-order valence-electron chi connectivity index (χ0n) is 20.9. The Morgan fingerprint density at radius 1 is 1.11 bits per heavy atom. The molecule has 38 heavy (non-hydrogen) atoms. The van der Waals surface area contributed by atoms with Crippen molar-refractivity contribution in [2.75, 3.05) is 31.6 Å². The lowest BCUT2D eigenvalue weighted by Crippen LogP contribution is -2.44. The van der Waals surface area contributed by atoms with Crippen LogP contribution >= 0.6 is 0 Å². The average molecular weight is 551 g/mol. The molecule has 0 unspecified atom stereocenters. The van der Waals surface area contributed by atoms with Gasteiger partial charge in [0, 0.05) is 38.2 Å². The van der Waals surface area contributed by atoms with Gasteiger partial charge in [-0.1, -0.05) is 12.6 Å². The number of hydrogen-bond acceptors (Lipinski definition) is 5. The van der Waals surface area contributed by atoms with Gasteiger partial charge in [-0.25, -0.2) is 8.42 Å². The van der Waals surface area contributed by atoms with E-state index in [2.05, 4.69) is 6.58 Å². The molecule has 0 bridgehead atoms. The minimum atomic E-state index is -4.45. The molecule has 2 aromatic rings. The monoisotopic (exact) mass is 550 g/mol. The van der Waals surface area contributed by atoms with Gasteiger partial charge in [-0.05, 0) is 66.4 Å². The summed E-state index contributed by atoms with van der Waals surface area (Å²) in [5, 5.41) is 0. The first kappa shape index (κ1) is 27.7. The fraction of sp³-hybridized carbons (Fsp3) is 0.407. The number of ether oxygens (including phenoxy) is 1. The van der Waals surface area contributed by atoms with E-state index in [0.717, 1.165) is 29.5 Å². The van der Waals surface area contributed by atoms with Gasteiger partial charge in [-0.3, -0.25) is 9.59 Å². The van der Waals surface area contributed by atoms with Crippen molar-refractivity contribution < 1.29 is 35.9 Å². The number of hydrogen-bond donors (Lipinski definition) is 0. The van der Waals surface area contributed by atoms with Crippen molar-refractivity contribution in [2.24, 2.45) is 5.92 Å². The highest BCUT2D eigenvalue weighted by Crippen LogP contribution is 2.42. The van der Waals surface area contributed by atoms with E-state index in [1.807, 2.05) is 6.07 Å². The lowest BCUT2D eigenvalue weighted by atomic mass is 9.83. The molecule has 0 aliphatic carbocycles. The van der Waals surface area contributed by atoms with Crippen molar-refractivity contribution in [1.29, 1.82) is 0 Å². The molecule has 4 rings (SSSR count). The SMILES string of the molecule is C=CC(=O)N1CC[C@@H]([C@H]2c3cc(Oc4ccc(C(F)(F)F)cc4)ccc3CCN2C(=O)CCS(C)(=O)=O)C1. The third kappa shape index (κ3) is 6.38. The Labute approximate surface area is 219 Å². The molecule has 2 atom stereocenters. The van der Waals surface area contributed by atoms with Crippen LogP contribution in [0.1, 0.15) is 35.6 Å². The van der Waals surface area contributed by atoms with Crippen LogP contribution in [0.5, 0.6) is 11.5 Å². The second-order valence-corrected chi connectivity index (χ2v) is 11.9. The smallest absolute Gasteiger partial charge is 0.416 e. The molecule has 2 heterocycles. The van der Waals surface area contributed by atoms with Crippen LogP contribution < -0.4 is 4.74 Å². The molecule has 204 valence electrons. The highest BCUT2D eigenvalue weighted by molar-refractivity contribution is 7.90. The molecule has 0 spiro atoms. The van der Waals surface area contributed by atoms with Gasteiger partial charge in [0.1, 0.15) is 21.3 Å². The minimum Gasteiger partial charge on any atom is -0.457 e. The zero-order valence-corrected chi connectivity index (χ0v) is 21.7. The third-order valence-electron chi connectivity index (χ3n) is 6.98. The van der Waals surface area contributed by atoms with Crippen LogP contribution in [-0.2, 0) is 32.0 Å². The number of carbonyl (C=O) groups excluding carboxylic acids is 2. The Balaban J connectivity index is 1.64. The van der Waals surface area contributed by atoms with E-state index in [9.17, 15) is 31.2 Å². The van der Waals surface area contributed by atoms with Crippen molar-refractivity contribution >= 4 is 21.7 Å². The second kappa shape index (κ2) is 10.8. The summed E-state index contributed by atoms with van der Waals surface area (Å²) < 4.78 is 68.0. The highest BCUT2D eigenvalue weighted by atomic mass is 32.2. The number of rotatable bonds is 7. The van der Waals surface area contributed by atoms with E-state index in [-0.39, 0.29) is 35.7 Å². The van der Waals surface area contributed by atoms with E-state index < -0.39 is 27.6 Å². The molecule has 2 aliphatic rings. The molecule has 2 aromatic carbocycles. The summed E-state index contributed by atoms with van der Waals surface area (Å²) in [6.45, 7) is 4.88. The molecule has 2 amide bonds. The molecule has 0 saturated carbocycles. The number of sulfone groups is 1. The quantitative estimate of drug-likeness (QED) is 0.478. The second-order valence-electron chi connectivity index (χ2n) is 9.68. The van der Waals surface area contributed by atoms with Crippen molar-refractivity contribution in [1.82, 2.24) is 9.80 Å². The number of alkyl halides is 3. The molecule has 7 nitrogen and oxygen atoms in total. The topological polar surface area (TPSA) is 84.0 Å². The van der Waals surface area contributed by atoms with Crippen LogP contribution in [0.15, 0.2) is 55.1 Å². The molecular formula is C27H29F3N2O5S. The summed E-state index contributed by atoms with van der Waals surface area (Å²) in [6, 6.07) is 9.37. The van der Waals surface area contributed by atoms with Crippen LogP contribution in [0.4, 0.5) is 13.2 Å². The van der Waals surface area contributed by atoms with Gasteiger partial charge in [-0.2, -0.15) is 13.2 Å². The van der Waals surface area contributed by atoms with E-state index in [4.69, 9.17) is 4.74 Å². The molecule has 11 heteroatoms. The van der Waals surface area contributed by atoms with Crippen molar-refractivity contribution in [3.8, 4) is 11.5 Å². The summed E-state index contributed by atoms with van der Waals surface area (Å²) in [7, 11) is -3.33. The molecular weight excluding hydrogens is 521 g/mol. The van der Waals surface area contributed by atoms with Gasteiger partial charge >= 0.3 is 6.18 Å². The Bertz CT molecular complexity index is 1330. The molecule has 0 aromatic heterocycles. The fourth-order valence-electron chi connectivity index (χ4n) is 5.11. The number of likely N-dealkylation sites (tertiary alicyclic amines) is 1. The van der Waals surface area contributed by atoms with Crippen LogP contribution in [0.2, 0.25) is 0 Å². The molecule has 2 aliphatic heterocycles. The van der Waals surface area contributed by atoms with Gasteiger partial charge in [0.2, 0.25) is 11.8 Å². The number of fused-ring (bicyclic) bond motifs is 1. The normalized spacial score (nSPS) is 19.7. The highest BCUT2D eigenvalue weighted by Gasteiger charge is 2.40. The van der Waals surface area contributed by atoms with Crippen LogP contribution in [0, 0.1) is 5.92 Å². The Morgan fingerprint density at radius 2 is 1.79 bits per heavy atom. The van der Waals surface area contributed by atoms with Gasteiger partial charge in [0.15, 0.2) is 0 Å². The molecule has 0 radical (unpaired) electrons. The summed E-state index contributed by atoms with van der Waals surface area (Å²) in [4.78, 5) is 28.8. The van der Waals surface area contributed by atoms with Crippen LogP contribution in [-0.4, -0.2) is 61.7 Å². The van der Waals surface area contributed by atoms with Crippen molar-refractivity contribution in [2.45, 2.75) is 31.5 Å². The Kier molecular flexibility index (Phi) is 7.87. The number of nitrogens with zero attached hydrogens (tertiary/aromatic N) is 2. The van der Waals surface area contributed by atoms with E-state index >= 15 is 0 Å². The largest absolute Gasteiger partial charge is 0.457 e. The Morgan fingerprint density at radius 3 is 2.42 bits per heavy atom. The summed E-state index contributed by atoms with van der Waals surface area (Å²) in [6.07, 6.45) is -1.06. The predicted octanol–water partition coefficient (Wildman–Crippen LogP) is 4.39. The lowest BCUT2D eigenvalue weighted by Gasteiger charge is -2.41. The maximum Gasteiger partial charge on any atom is 0.416 e. The molecule has 1 fully saturated rings. The first-order chi connectivity index (χ1) is 17.9. The van der Waals surface area contributed by atoms with Crippen LogP contribution in [0.3, 0.4) is 0 Å². The molecule has 1 saturated heterocycles. The predicted molar refractivity (Wildman–Crippen MR) is 135 cm³/mol. The van der Waals surface area contributed by atoms with E-state index in [1.54, 1.807) is 21.9 Å². The molecule has 0 N–H and O–H groups in total. The first-order valence-electron chi connectivity index (χ1n) is 12.2. The van der Waals surface area contributed by atoms with E-state index in [0.29, 0.717) is 38.2 Å².